The Kier molecular flexibility index (Phi) is 2.11. The Morgan fingerprint density at radius 2 is 2.33 bits per heavy atom. The largest absolute Gasteiger partial charge is 0.420 e. The Morgan fingerprint density at radius 1 is 1.60 bits per heavy atom. The summed E-state index contributed by atoms with van der Waals surface area (Å²) in [6, 6.07) is 5.13. The molecule has 0 unspecified atom stereocenters. The SMILES string of the molecule is C=C(C)Cn1c(=O)oc2ccc(N)cc21. The van der Waals surface area contributed by atoms with Crippen LogP contribution in [0.3, 0.4) is 0 Å². The Balaban J connectivity index is 2.70. The average Bonchev–Trinajstić information content (AvgIpc) is 2.43. The standard InChI is InChI=1S/C11H12N2O2/c1-7(2)6-13-9-5-8(12)3-4-10(9)15-11(13)14/h3-5H,1,6,12H2,2H3. The summed E-state index contributed by atoms with van der Waals surface area (Å²) in [4.78, 5) is 11.5. The molecule has 15 heavy (non-hydrogen) atoms. The van der Waals surface area contributed by atoms with E-state index in [0.717, 1.165) is 5.57 Å². The van der Waals surface area contributed by atoms with Crippen molar-refractivity contribution >= 4 is 16.8 Å². The molecule has 2 N–H and O–H groups in total. The number of fused-ring (bicyclic) bond motifs is 1. The Morgan fingerprint density at radius 3 is 3.00 bits per heavy atom. The first-order valence-corrected chi connectivity index (χ1v) is 4.61. The van der Waals surface area contributed by atoms with E-state index in [0.29, 0.717) is 23.3 Å². The first-order valence-electron chi connectivity index (χ1n) is 4.61. The third-order valence-corrected chi connectivity index (χ3v) is 2.12. The molecule has 1 heterocycles. The number of aromatic nitrogens is 1. The molecule has 78 valence electrons. The highest BCUT2D eigenvalue weighted by atomic mass is 16.4. The Hall–Kier alpha value is -1.97. The Labute approximate surface area is 86.6 Å². The lowest BCUT2D eigenvalue weighted by atomic mass is 10.3. The molecular formula is C11H12N2O2. The highest BCUT2D eigenvalue weighted by molar-refractivity contribution is 5.77. The van der Waals surface area contributed by atoms with Crippen LogP contribution < -0.4 is 11.5 Å². The normalized spacial score (nSPS) is 10.7. The predicted octanol–water partition coefficient (Wildman–Crippen LogP) is 1.75. The molecule has 1 aromatic carbocycles. The van der Waals surface area contributed by atoms with E-state index >= 15 is 0 Å². The van der Waals surface area contributed by atoms with Crippen molar-refractivity contribution in [1.82, 2.24) is 4.57 Å². The van der Waals surface area contributed by atoms with Crippen molar-refractivity contribution in [3.8, 4) is 0 Å². The van der Waals surface area contributed by atoms with Gasteiger partial charge < -0.3 is 10.2 Å². The number of hydrogen-bond acceptors (Lipinski definition) is 3. The number of hydrogen-bond donors (Lipinski definition) is 1. The predicted molar refractivity (Wildman–Crippen MR) is 59.7 cm³/mol. The van der Waals surface area contributed by atoms with Gasteiger partial charge in [0.05, 0.1) is 5.52 Å². The number of allylic oxidation sites excluding steroid dienone is 1. The van der Waals surface area contributed by atoms with E-state index < -0.39 is 0 Å². The highest BCUT2D eigenvalue weighted by Gasteiger charge is 2.08. The number of anilines is 1. The van der Waals surface area contributed by atoms with Crippen LogP contribution in [0.2, 0.25) is 0 Å². The van der Waals surface area contributed by atoms with Crippen molar-refractivity contribution < 1.29 is 4.42 Å². The van der Waals surface area contributed by atoms with Gasteiger partial charge in [-0.05, 0) is 25.1 Å². The van der Waals surface area contributed by atoms with Crippen LogP contribution in [0.4, 0.5) is 5.69 Å². The number of nitrogens with zero attached hydrogens (tertiary/aromatic N) is 1. The third kappa shape index (κ3) is 1.66. The molecule has 0 saturated heterocycles. The maximum atomic E-state index is 11.5. The van der Waals surface area contributed by atoms with E-state index in [1.165, 1.54) is 4.57 Å². The Bertz CT molecular complexity index is 578. The zero-order valence-electron chi connectivity index (χ0n) is 8.49. The maximum Gasteiger partial charge on any atom is 0.420 e. The maximum absolute atomic E-state index is 11.5. The van der Waals surface area contributed by atoms with Crippen molar-refractivity contribution in [1.29, 1.82) is 0 Å². The van der Waals surface area contributed by atoms with Crippen molar-refractivity contribution in [2.24, 2.45) is 0 Å². The van der Waals surface area contributed by atoms with Gasteiger partial charge in [-0.15, -0.1) is 0 Å². The number of nitrogen functional groups attached to an aromatic ring is 1. The van der Waals surface area contributed by atoms with Crippen LogP contribution in [0.15, 0.2) is 39.6 Å². The van der Waals surface area contributed by atoms with Gasteiger partial charge >= 0.3 is 5.76 Å². The molecule has 0 bridgehead atoms. The number of benzene rings is 1. The zero-order chi connectivity index (χ0) is 11.0. The van der Waals surface area contributed by atoms with Crippen molar-refractivity contribution in [3.63, 3.8) is 0 Å². The summed E-state index contributed by atoms with van der Waals surface area (Å²) in [5.41, 5.74) is 8.42. The molecule has 0 aliphatic heterocycles. The summed E-state index contributed by atoms with van der Waals surface area (Å²) in [6.45, 7) is 6.08. The molecule has 2 rings (SSSR count). The molecule has 0 spiro atoms. The third-order valence-electron chi connectivity index (χ3n) is 2.12. The molecule has 0 aliphatic rings. The molecule has 0 aliphatic carbocycles. The summed E-state index contributed by atoms with van der Waals surface area (Å²) in [5.74, 6) is -0.376. The molecule has 0 saturated carbocycles. The lowest BCUT2D eigenvalue weighted by molar-refractivity contribution is 0.516. The first-order chi connectivity index (χ1) is 7.08. The second-order valence-electron chi connectivity index (χ2n) is 3.64. The zero-order valence-corrected chi connectivity index (χ0v) is 8.49. The van der Waals surface area contributed by atoms with E-state index in [1.807, 2.05) is 6.92 Å². The fourth-order valence-corrected chi connectivity index (χ4v) is 1.50. The molecule has 0 radical (unpaired) electrons. The van der Waals surface area contributed by atoms with Gasteiger partial charge in [0.2, 0.25) is 0 Å². The summed E-state index contributed by atoms with van der Waals surface area (Å²) in [6.07, 6.45) is 0. The molecule has 4 nitrogen and oxygen atoms in total. The summed E-state index contributed by atoms with van der Waals surface area (Å²) >= 11 is 0. The molecule has 0 amide bonds. The fraction of sp³-hybridized carbons (Fsp3) is 0.182. The quantitative estimate of drug-likeness (QED) is 0.598. The van der Waals surface area contributed by atoms with Crippen LogP contribution in [-0.2, 0) is 6.54 Å². The van der Waals surface area contributed by atoms with Crippen LogP contribution in [0.1, 0.15) is 6.92 Å². The van der Waals surface area contributed by atoms with Gasteiger partial charge in [0.15, 0.2) is 5.58 Å². The van der Waals surface area contributed by atoms with Crippen molar-refractivity contribution in [3.05, 3.63) is 40.9 Å². The van der Waals surface area contributed by atoms with Crippen molar-refractivity contribution in [2.75, 3.05) is 5.73 Å². The van der Waals surface area contributed by atoms with Crippen LogP contribution >= 0.6 is 0 Å². The summed E-state index contributed by atoms with van der Waals surface area (Å²) < 4.78 is 6.59. The van der Waals surface area contributed by atoms with Gasteiger partial charge in [-0.25, -0.2) is 4.79 Å². The van der Waals surface area contributed by atoms with Gasteiger partial charge in [-0.1, -0.05) is 12.2 Å². The van der Waals surface area contributed by atoms with Gasteiger partial charge in [0.1, 0.15) is 0 Å². The van der Waals surface area contributed by atoms with Crippen LogP contribution in [-0.4, -0.2) is 4.57 Å². The average molecular weight is 204 g/mol. The van der Waals surface area contributed by atoms with Crippen LogP contribution in [0, 0.1) is 0 Å². The number of rotatable bonds is 2. The lowest BCUT2D eigenvalue weighted by Gasteiger charge is -2.00. The van der Waals surface area contributed by atoms with E-state index in [1.54, 1.807) is 18.2 Å². The topological polar surface area (TPSA) is 61.2 Å². The molecular weight excluding hydrogens is 192 g/mol. The van der Waals surface area contributed by atoms with Gasteiger partial charge in [-0.3, -0.25) is 4.57 Å². The first kappa shape index (κ1) is 9.58. The fourth-order valence-electron chi connectivity index (χ4n) is 1.50. The van der Waals surface area contributed by atoms with Gasteiger partial charge in [0, 0.05) is 12.2 Å². The second kappa shape index (κ2) is 3.31. The number of nitrogens with two attached hydrogens (primary N) is 1. The van der Waals surface area contributed by atoms with Crippen molar-refractivity contribution in [2.45, 2.75) is 13.5 Å². The lowest BCUT2D eigenvalue weighted by Crippen LogP contribution is -2.14. The highest BCUT2D eigenvalue weighted by Crippen LogP contribution is 2.16. The molecule has 2 aromatic rings. The molecule has 4 heteroatoms. The minimum Gasteiger partial charge on any atom is -0.408 e. The van der Waals surface area contributed by atoms with E-state index in [4.69, 9.17) is 10.2 Å². The number of oxazole rings is 1. The smallest absolute Gasteiger partial charge is 0.408 e. The van der Waals surface area contributed by atoms with Crippen LogP contribution in [0.5, 0.6) is 0 Å². The van der Waals surface area contributed by atoms with Gasteiger partial charge in [-0.2, -0.15) is 0 Å². The van der Waals surface area contributed by atoms with E-state index in [-0.39, 0.29) is 5.76 Å². The van der Waals surface area contributed by atoms with Crippen LogP contribution in [0.25, 0.3) is 11.1 Å². The minimum absolute atomic E-state index is 0.376. The minimum atomic E-state index is -0.376. The van der Waals surface area contributed by atoms with E-state index in [2.05, 4.69) is 6.58 Å². The molecule has 0 atom stereocenters. The van der Waals surface area contributed by atoms with Gasteiger partial charge in [0.25, 0.3) is 0 Å². The molecule has 1 aromatic heterocycles. The second-order valence-corrected chi connectivity index (χ2v) is 3.64. The molecule has 0 fully saturated rings. The van der Waals surface area contributed by atoms with E-state index in [9.17, 15) is 4.79 Å². The summed E-state index contributed by atoms with van der Waals surface area (Å²) in [7, 11) is 0. The summed E-state index contributed by atoms with van der Waals surface area (Å²) in [5, 5.41) is 0. The monoisotopic (exact) mass is 204 g/mol.